The minimum absolute atomic E-state index is 0.0743. The molecule has 0 aliphatic rings. The van der Waals surface area contributed by atoms with Crippen molar-refractivity contribution in [3.05, 3.63) is 76.9 Å². The Morgan fingerprint density at radius 1 is 1.06 bits per heavy atom. The minimum Gasteiger partial charge on any atom is -0.368 e. The average molecular weight is 461 g/mol. The maximum Gasteiger partial charge on any atom is 0.262 e. The summed E-state index contributed by atoms with van der Waals surface area (Å²) in [6.07, 6.45) is 1.44. The summed E-state index contributed by atoms with van der Waals surface area (Å²) >= 11 is 6.00. The van der Waals surface area contributed by atoms with E-state index in [-0.39, 0.29) is 27.0 Å². The molecule has 0 amide bonds. The molecule has 4 rings (SSSR count). The van der Waals surface area contributed by atoms with E-state index >= 15 is 4.39 Å². The van der Waals surface area contributed by atoms with Crippen LogP contribution in [0.2, 0.25) is 5.02 Å². The highest BCUT2D eigenvalue weighted by Gasteiger charge is 2.21. The van der Waals surface area contributed by atoms with E-state index in [1.54, 1.807) is 13.0 Å². The van der Waals surface area contributed by atoms with Crippen LogP contribution in [0.25, 0.3) is 22.0 Å². The molecule has 3 aromatic carbocycles. The summed E-state index contributed by atoms with van der Waals surface area (Å²) < 4.78 is 57.3. The second kappa shape index (κ2) is 7.75. The molecule has 31 heavy (non-hydrogen) atoms. The van der Waals surface area contributed by atoms with Crippen LogP contribution in [0.5, 0.6) is 0 Å². The lowest BCUT2D eigenvalue weighted by Gasteiger charge is -2.13. The third-order valence-electron chi connectivity index (χ3n) is 4.68. The number of nitrogen functional groups attached to an aromatic ring is 1. The molecule has 0 saturated heterocycles. The second-order valence-corrected chi connectivity index (χ2v) is 8.89. The van der Waals surface area contributed by atoms with Crippen LogP contribution in [0.15, 0.2) is 59.6 Å². The molecular formula is C21H15ClF2N4O2S. The molecule has 1 heterocycles. The van der Waals surface area contributed by atoms with Gasteiger partial charge in [0.15, 0.2) is 5.82 Å². The monoisotopic (exact) mass is 460 g/mol. The summed E-state index contributed by atoms with van der Waals surface area (Å²) in [6.45, 7) is 1.72. The lowest BCUT2D eigenvalue weighted by Crippen LogP contribution is -2.14. The van der Waals surface area contributed by atoms with Gasteiger partial charge in [0.2, 0.25) is 5.95 Å². The molecule has 10 heteroatoms. The summed E-state index contributed by atoms with van der Waals surface area (Å²) in [5.41, 5.74) is 6.15. The van der Waals surface area contributed by atoms with E-state index in [0.717, 1.165) is 12.1 Å². The zero-order chi connectivity index (χ0) is 22.3. The van der Waals surface area contributed by atoms with Crippen molar-refractivity contribution in [1.82, 2.24) is 9.97 Å². The van der Waals surface area contributed by atoms with E-state index in [1.807, 2.05) is 0 Å². The van der Waals surface area contributed by atoms with Gasteiger partial charge in [0, 0.05) is 16.6 Å². The maximum atomic E-state index is 15.2. The van der Waals surface area contributed by atoms with Gasteiger partial charge in [0.05, 0.1) is 21.7 Å². The summed E-state index contributed by atoms with van der Waals surface area (Å²) in [4.78, 5) is 7.78. The molecule has 0 aliphatic heterocycles. The Labute approximate surface area is 181 Å². The third-order valence-corrected chi connectivity index (χ3v) is 6.45. The van der Waals surface area contributed by atoms with Gasteiger partial charge in [0.1, 0.15) is 5.82 Å². The van der Waals surface area contributed by atoms with Crippen LogP contribution in [-0.2, 0) is 10.0 Å². The predicted octanol–water partition coefficient (Wildman–Crippen LogP) is 4.92. The molecule has 158 valence electrons. The summed E-state index contributed by atoms with van der Waals surface area (Å²) in [5.74, 6) is -1.84. The van der Waals surface area contributed by atoms with Gasteiger partial charge < -0.3 is 5.73 Å². The third kappa shape index (κ3) is 4.01. The standard InChI is InChI=1S/C21H15ClF2N4O2S/c1-11-2-4-14(9-15(11)22)31(29,30)28-18-7-5-16(23)19(20(18)24)12-3-6-17-13(8-12)10-26-21(25)27-17/h2-10,28H,1H3,(H2,25,26,27). The number of hydrogen-bond acceptors (Lipinski definition) is 5. The molecule has 0 atom stereocenters. The number of sulfonamides is 1. The Hall–Kier alpha value is -3.30. The zero-order valence-corrected chi connectivity index (χ0v) is 17.6. The van der Waals surface area contributed by atoms with E-state index < -0.39 is 27.3 Å². The van der Waals surface area contributed by atoms with Gasteiger partial charge >= 0.3 is 0 Å². The Balaban J connectivity index is 1.77. The van der Waals surface area contributed by atoms with Crippen molar-refractivity contribution in [3.63, 3.8) is 0 Å². The molecule has 1 aromatic heterocycles. The van der Waals surface area contributed by atoms with Crippen LogP contribution in [0.4, 0.5) is 20.4 Å². The number of nitrogens with two attached hydrogens (primary N) is 1. The van der Waals surface area contributed by atoms with E-state index in [4.69, 9.17) is 17.3 Å². The number of hydrogen-bond donors (Lipinski definition) is 2. The first-order valence-corrected chi connectivity index (χ1v) is 10.8. The molecule has 6 nitrogen and oxygen atoms in total. The highest BCUT2D eigenvalue weighted by atomic mass is 35.5. The lowest BCUT2D eigenvalue weighted by atomic mass is 10.0. The fraction of sp³-hybridized carbons (Fsp3) is 0.0476. The molecule has 0 spiro atoms. The van der Waals surface area contributed by atoms with Crippen molar-refractivity contribution in [1.29, 1.82) is 0 Å². The first kappa shape index (κ1) is 21.0. The number of anilines is 2. The summed E-state index contributed by atoms with van der Waals surface area (Å²) in [5, 5.41) is 0.771. The lowest BCUT2D eigenvalue weighted by molar-refractivity contribution is 0.588. The van der Waals surface area contributed by atoms with Gasteiger partial charge in [-0.15, -0.1) is 0 Å². The highest BCUT2D eigenvalue weighted by molar-refractivity contribution is 7.92. The van der Waals surface area contributed by atoms with Crippen molar-refractivity contribution in [2.75, 3.05) is 10.5 Å². The molecule has 0 fully saturated rings. The zero-order valence-electron chi connectivity index (χ0n) is 16.0. The summed E-state index contributed by atoms with van der Waals surface area (Å²) in [6, 6.07) is 10.7. The number of fused-ring (bicyclic) bond motifs is 1. The fourth-order valence-electron chi connectivity index (χ4n) is 3.04. The number of rotatable bonds is 4. The SMILES string of the molecule is Cc1ccc(S(=O)(=O)Nc2ccc(F)c(-c3ccc4nc(N)ncc4c3)c2F)cc1Cl. The fourth-order valence-corrected chi connectivity index (χ4v) is 4.37. The molecule has 0 aliphatic carbocycles. The molecule has 0 unspecified atom stereocenters. The highest BCUT2D eigenvalue weighted by Crippen LogP contribution is 2.33. The number of nitrogens with zero attached hydrogens (tertiary/aromatic N) is 2. The van der Waals surface area contributed by atoms with Gasteiger partial charge in [-0.3, -0.25) is 4.72 Å². The Morgan fingerprint density at radius 3 is 2.58 bits per heavy atom. The molecule has 4 aromatic rings. The van der Waals surface area contributed by atoms with E-state index in [2.05, 4.69) is 14.7 Å². The topological polar surface area (TPSA) is 98.0 Å². The van der Waals surface area contributed by atoms with Crippen LogP contribution < -0.4 is 10.5 Å². The van der Waals surface area contributed by atoms with Crippen LogP contribution in [-0.4, -0.2) is 18.4 Å². The van der Waals surface area contributed by atoms with E-state index in [0.29, 0.717) is 16.5 Å². The van der Waals surface area contributed by atoms with E-state index in [1.165, 1.54) is 36.5 Å². The molecular weight excluding hydrogens is 446 g/mol. The molecule has 0 saturated carbocycles. The van der Waals surface area contributed by atoms with Crippen molar-refractivity contribution in [2.24, 2.45) is 0 Å². The smallest absolute Gasteiger partial charge is 0.262 e. The van der Waals surface area contributed by atoms with Crippen LogP contribution in [0.1, 0.15) is 5.56 Å². The maximum absolute atomic E-state index is 15.2. The number of benzene rings is 3. The average Bonchev–Trinajstić information content (AvgIpc) is 2.72. The van der Waals surface area contributed by atoms with Crippen molar-refractivity contribution < 1.29 is 17.2 Å². The number of nitrogens with one attached hydrogen (secondary N) is 1. The van der Waals surface area contributed by atoms with Gasteiger partial charge in [-0.25, -0.2) is 27.2 Å². The normalized spacial score (nSPS) is 11.6. The van der Waals surface area contributed by atoms with Crippen molar-refractivity contribution >= 4 is 44.2 Å². The Morgan fingerprint density at radius 2 is 1.84 bits per heavy atom. The van der Waals surface area contributed by atoms with Crippen molar-refractivity contribution in [3.8, 4) is 11.1 Å². The first-order chi connectivity index (χ1) is 14.7. The quantitative estimate of drug-likeness (QED) is 0.450. The molecule has 0 radical (unpaired) electrons. The summed E-state index contributed by atoms with van der Waals surface area (Å²) in [7, 11) is -4.16. The van der Waals surface area contributed by atoms with Gasteiger partial charge in [-0.05, 0) is 54.4 Å². The van der Waals surface area contributed by atoms with E-state index in [9.17, 15) is 12.8 Å². The number of halogens is 3. The van der Waals surface area contributed by atoms with Gasteiger partial charge in [-0.1, -0.05) is 23.7 Å². The van der Waals surface area contributed by atoms with Crippen molar-refractivity contribution in [2.45, 2.75) is 11.8 Å². The van der Waals surface area contributed by atoms with Crippen LogP contribution in [0.3, 0.4) is 0 Å². The first-order valence-electron chi connectivity index (χ1n) is 8.95. The largest absolute Gasteiger partial charge is 0.368 e. The molecule has 0 bridgehead atoms. The second-order valence-electron chi connectivity index (χ2n) is 6.80. The number of aryl methyl sites for hydroxylation is 1. The minimum atomic E-state index is -4.16. The van der Waals surface area contributed by atoms with Gasteiger partial charge in [0.25, 0.3) is 10.0 Å². The molecule has 3 N–H and O–H groups in total. The van der Waals surface area contributed by atoms with Gasteiger partial charge in [-0.2, -0.15) is 0 Å². The predicted molar refractivity (Wildman–Crippen MR) is 116 cm³/mol. The Bertz CT molecular complexity index is 1450. The number of aromatic nitrogens is 2. The van der Waals surface area contributed by atoms with Crippen LogP contribution >= 0.6 is 11.6 Å². The van der Waals surface area contributed by atoms with Crippen LogP contribution in [0, 0.1) is 18.6 Å². The Kier molecular flexibility index (Phi) is 5.24.